The Bertz CT molecular complexity index is 1450. The maximum atomic E-state index is 10.3. The number of benzene rings is 3. The number of hydrogen-bond acceptors (Lipinski definition) is 3. The Morgan fingerprint density at radius 3 is 2.20 bits per heavy atom. The molecule has 6 heteroatoms. The third-order valence-electron chi connectivity index (χ3n) is 6.04. The summed E-state index contributed by atoms with van der Waals surface area (Å²) < 4.78 is 0.983. The highest BCUT2D eigenvalue weighted by molar-refractivity contribution is 9.10. The molecule has 0 amide bonds. The summed E-state index contributed by atoms with van der Waals surface area (Å²) in [4.78, 5) is 5.03. The lowest BCUT2D eigenvalue weighted by Gasteiger charge is -2.24. The lowest BCUT2D eigenvalue weighted by molar-refractivity contribution is 0.813. The molecule has 0 saturated carbocycles. The number of fused-ring (bicyclic) bond motifs is 1. The third kappa shape index (κ3) is 5.13. The SMILES string of the molecule is N#Cc1c(Nc2ccc(Br)cc2)nc2c(c1-c1ccc(Cl)cc1)CCC/C2=C\c1ccc(Cl)cc1. The van der Waals surface area contributed by atoms with E-state index in [4.69, 9.17) is 28.2 Å². The number of allylic oxidation sites excluding steroid dienone is 1. The van der Waals surface area contributed by atoms with Crippen molar-refractivity contribution >= 4 is 62.3 Å². The van der Waals surface area contributed by atoms with E-state index in [1.54, 1.807) is 0 Å². The van der Waals surface area contributed by atoms with Crippen LogP contribution in [0.4, 0.5) is 11.5 Å². The van der Waals surface area contributed by atoms with Crippen LogP contribution < -0.4 is 5.32 Å². The van der Waals surface area contributed by atoms with Crippen LogP contribution in [-0.4, -0.2) is 4.98 Å². The van der Waals surface area contributed by atoms with E-state index in [9.17, 15) is 5.26 Å². The molecule has 3 aromatic carbocycles. The summed E-state index contributed by atoms with van der Waals surface area (Å²) in [6.45, 7) is 0. The predicted octanol–water partition coefficient (Wildman–Crippen LogP) is 9.31. The Morgan fingerprint density at radius 1 is 0.886 bits per heavy atom. The number of halogens is 3. The van der Waals surface area contributed by atoms with Crippen molar-refractivity contribution in [2.24, 2.45) is 0 Å². The minimum atomic E-state index is 0.529. The van der Waals surface area contributed by atoms with Crippen molar-refractivity contribution in [1.82, 2.24) is 4.98 Å². The van der Waals surface area contributed by atoms with Gasteiger partial charge in [-0.1, -0.05) is 63.4 Å². The quantitative estimate of drug-likeness (QED) is 0.270. The van der Waals surface area contributed by atoms with E-state index >= 15 is 0 Å². The summed E-state index contributed by atoms with van der Waals surface area (Å²) in [6.07, 6.45) is 4.92. The van der Waals surface area contributed by atoms with Crippen molar-refractivity contribution in [3.63, 3.8) is 0 Å². The van der Waals surface area contributed by atoms with Crippen LogP contribution in [0, 0.1) is 11.3 Å². The van der Waals surface area contributed by atoms with Gasteiger partial charge in [0.2, 0.25) is 0 Å². The zero-order valence-electron chi connectivity index (χ0n) is 18.7. The molecule has 3 nitrogen and oxygen atoms in total. The number of nitrogens with zero attached hydrogens (tertiary/aromatic N) is 2. The van der Waals surface area contributed by atoms with E-state index in [1.807, 2.05) is 72.8 Å². The fourth-order valence-electron chi connectivity index (χ4n) is 4.41. The fraction of sp³-hybridized carbons (Fsp3) is 0.103. The summed E-state index contributed by atoms with van der Waals surface area (Å²) in [7, 11) is 0. The van der Waals surface area contributed by atoms with Crippen LogP contribution in [-0.2, 0) is 6.42 Å². The number of hydrogen-bond donors (Lipinski definition) is 1. The van der Waals surface area contributed by atoms with Crippen molar-refractivity contribution in [3.8, 4) is 17.2 Å². The molecule has 1 aliphatic rings. The Kier molecular flexibility index (Phi) is 6.92. The zero-order valence-corrected chi connectivity index (χ0v) is 21.8. The number of nitriles is 1. The van der Waals surface area contributed by atoms with Gasteiger partial charge >= 0.3 is 0 Å². The molecule has 0 fully saturated rings. The van der Waals surface area contributed by atoms with E-state index in [1.165, 1.54) is 0 Å². The standard InChI is InChI=1S/C29H20BrCl2N3/c30-21-8-14-24(15-9-21)34-29-26(17-33)27(19-6-12-23(32)13-7-19)25-3-1-2-20(28(25)35-29)16-18-4-10-22(31)11-5-18/h4-16H,1-3H2,(H,34,35)/b20-16+. The lowest BCUT2D eigenvalue weighted by atomic mass is 9.83. The van der Waals surface area contributed by atoms with E-state index < -0.39 is 0 Å². The van der Waals surface area contributed by atoms with E-state index in [-0.39, 0.29) is 0 Å². The van der Waals surface area contributed by atoms with Crippen molar-refractivity contribution in [2.75, 3.05) is 5.32 Å². The van der Waals surface area contributed by atoms with Crippen LogP contribution in [0.25, 0.3) is 22.8 Å². The molecule has 1 N–H and O–H groups in total. The molecule has 0 spiro atoms. The first kappa shape index (κ1) is 23.6. The second-order valence-corrected chi connectivity index (χ2v) is 10.2. The fourth-order valence-corrected chi connectivity index (χ4v) is 4.93. The van der Waals surface area contributed by atoms with Gasteiger partial charge in [0.25, 0.3) is 0 Å². The molecule has 0 aliphatic heterocycles. The highest BCUT2D eigenvalue weighted by atomic mass is 79.9. The van der Waals surface area contributed by atoms with Gasteiger partial charge in [0, 0.05) is 25.8 Å². The van der Waals surface area contributed by atoms with Gasteiger partial charge < -0.3 is 5.32 Å². The van der Waals surface area contributed by atoms with Gasteiger partial charge in [-0.2, -0.15) is 5.26 Å². The molecule has 0 radical (unpaired) electrons. The van der Waals surface area contributed by atoms with Crippen LogP contribution >= 0.6 is 39.1 Å². The maximum Gasteiger partial charge on any atom is 0.149 e. The predicted molar refractivity (Wildman–Crippen MR) is 149 cm³/mol. The molecule has 0 unspecified atom stereocenters. The normalized spacial score (nSPS) is 13.8. The Morgan fingerprint density at radius 2 is 1.54 bits per heavy atom. The smallest absolute Gasteiger partial charge is 0.149 e. The number of anilines is 2. The number of aromatic nitrogens is 1. The van der Waals surface area contributed by atoms with Crippen LogP contribution in [0.5, 0.6) is 0 Å². The van der Waals surface area contributed by atoms with Gasteiger partial charge in [-0.3, -0.25) is 0 Å². The monoisotopic (exact) mass is 559 g/mol. The first-order valence-electron chi connectivity index (χ1n) is 11.2. The van der Waals surface area contributed by atoms with Crippen LogP contribution in [0.1, 0.15) is 35.2 Å². The Balaban J connectivity index is 1.72. The first-order valence-corrected chi connectivity index (χ1v) is 12.8. The molecular weight excluding hydrogens is 541 g/mol. The largest absolute Gasteiger partial charge is 0.339 e. The van der Waals surface area contributed by atoms with Gasteiger partial charge in [-0.05, 0) is 96.1 Å². The van der Waals surface area contributed by atoms with Crippen molar-refractivity contribution < 1.29 is 0 Å². The Labute approximate surface area is 223 Å². The summed E-state index contributed by atoms with van der Waals surface area (Å²) in [5.41, 5.74) is 7.49. The molecule has 1 aliphatic carbocycles. The summed E-state index contributed by atoms with van der Waals surface area (Å²) in [5, 5.41) is 15.0. The molecule has 35 heavy (non-hydrogen) atoms. The van der Waals surface area contributed by atoms with E-state index in [2.05, 4.69) is 33.4 Å². The van der Waals surface area contributed by atoms with Crippen LogP contribution in [0.15, 0.2) is 77.3 Å². The molecule has 172 valence electrons. The van der Waals surface area contributed by atoms with Crippen molar-refractivity contribution in [3.05, 3.63) is 110 Å². The van der Waals surface area contributed by atoms with Gasteiger partial charge in [-0.15, -0.1) is 0 Å². The third-order valence-corrected chi connectivity index (χ3v) is 7.07. The zero-order chi connectivity index (χ0) is 24.4. The highest BCUT2D eigenvalue weighted by Gasteiger charge is 2.25. The second kappa shape index (κ2) is 10.3. The summed E-state index contributed by atoms with van der Waals surface area (Å²) >= 11 is 15.7. The summed E-state index contributed by atoms with van der Waals surface area (Å²) in [5.74, 6) is 0.544. The van der Waals surface area contributed by atoms with Gasteiger partial charge in [0.05, 0.1) is 5.69 Å². The molecule has 0 atom stereocenters. The topological polar surface area (TPSA) is 48.7 Å². The minimum Gasteiger partial charge on any atom is -0.339 e. The van der Waals surface area contributed by atoms with Gasteiger partial charge in [0.1, 0.15) is 17.5 Å². The average Bonchev–Trinajstić information content (AvgIpc) is 2.87. The first-order chi connectivity index (χ1) is 17.0. The number of rotatable bonds is 4. The van der Waals surface area contributed by atoms with Crippen LogP contribution in [0.2, 0.25) is 10.0 Å². The molecule has 0 saturated heterocycles. The summed E-state index contributed by atoms with van der Waals surface area (Å²) in [6, 6.07) is 25.7. The number of pyridine rings is 1. The molecule has 1 aromatic heterocycles. The molecule has 1 heterocycles. The second-order valence-electron chi connectivity index (χ2n) is 8.36. The highest BCUT2D eigenvalue weighted by Crippen LogP contribution is 2.42. The minimum absolute atomic E-state index is 0.529. The Hall–Kier alpha value is -3.10. The molecule has 5 rings (SSSR count). The van der Waals surface area contributed by atoms with E-state index in [0.29, 0.717) is 21.4 Å². The van der Waals surface area contributed by atoms with Crippen molar-refractivity contribution in [2.45, 2.75) is 19.3 Å². The van der Waals surface area contributed by atoms with Crippen molar-refractivity contribution in [1.29, 1.82) is 5.26 Å². The van der Waals surface area contributed by atoms with Gasteiger partial charge in [0.15, 0.2) is 0 Å². The molecule has 4 aromatic rings. The molecular formula is C29H20BrCl2N3. The number of nitrogens with one attached hydrogen (secondary N) is 1. The average molecular weight is 561 g/mol. The van der Waals surface area contributed by atoms with E-state index in [0.717, 1.165) is 62.9 Å². The molecule has 0 bridgehead atoms. The van der Waals surface area contributed by atoms with Gasteiger partial charge in [-0.25, -0.2) is 4.98 Å². The maximum absolute atomic E-state index is 10.3. The lowest BCUT2D eigenvalue weighted by Crippen LogP contribution is -2.11. The van der Waals surface area contributed by atoms with Crippen LogP contribution in [0.3, 0.4) is 0 Å².